The Morgan fingerprint density at radius 2 is 2.00 bits per heavy atom. The molecule has 0 radical (unpaired) electrons. The molecule has 1 heterocycles. The highest BCUT2D eigenvalue weighted by Gasteiger charge is 2.37. The SMILES string of the molecule is CPc1ccc(C(C)C(F)(F)F)nc1. The zero-order chi connectivity index (χ0) is 10.8. The van der Waals surface area contributed by atoms with E-state index in [0.717, 1.165) is 12.2 Å². The first kappa shape index (κ1) is 11.4. The lowest BCUT2D eigenvalue weighted by atomic mass is 10.1. The normalized spacial score (nSPS) is 14.9. The molecule has 0 aliphatic carbocycles. The van der Waals surface area contributed by atoms with Gasteiger partial charge in [0.05, 0.1) is 11.6 Å². The number of rotatable bonds is 2. The van der Waals surface area contributed by atoms with E-state index in [0.29, 0.717) is 8.58 Å². The number of hydrogen-bond acceptors (Lipinski definition) is 1. The van der Waals surface area contributed by atoms with Gasteiger partial charge >= 0.3 is 6.18 Å². The molecule has 78 valence electrons. The van der Waals surface area contributed by atoms with Crippen LogP contribution in [0.15, 0.2) is 18.3 Å². The van der Waals surface area contributed by atoms with Gasteiger partial charge in [0.15, 0.2) is 0 Å². The lowest BCUT2D eigenvalue weighted by molar-refractivity contribution is -0.147. The summed E-state index contributed by atoms with van der Waals surface area (Å²) in [6.07, 6.45) is -2.70. The summed E-state index contributed by atoms with van der Waals surface area (Å²) in [7, 11) is 0.563. The Morgan fingerprint density at radius 1 is 1.36 bits per heavy atom. The van der Waals surface area contributed by atoms with E-state index in [1.807, 2.05) is 6.66 Å². The maximum atomic E-state index is 12.3. The molecule has 1 aromatic heterocycles. The highest BCUT2D eigenvalue weighted by Crippen LogP contribution is 2.32. The van der Waals surface area contributed by atoms with Crippen LogP contribution in [-0.2, 0) is 0 Å². The first-order valence-electron chi connectivity index (χ1n) is 4.15. The predicted molar refractivity (Wildman–Crippen MR) is 52.6 cm³/mol. The largest absolute Gasteiger partial charge is 0.396 e. The second-order valence-electron chi connectivity index (χ2n) is 2.99. The van der Waals surface area contributed by atoms with Crippen molar-refractivity contribution in [2.24, 2.45) is 0 Å². The fourth-order valence-corrected chi connectivity index (χ4v) is 1.42. The standard InChI is InChI=1S/C9H11F3NP/c1-6(9(10,11)12)8-4-3-7(14-2)5-13-8/h3-6,14H,1-2H3. The Kier molecular flexibility index (Phi) is 3.48. The Hall–Kier alpha value is -0.630. The smallest absolute Gasteiger partial charge is 0.260 e. The van der Waals surface area contributed by atoms with Crippen LogP contribution in [-0.4, -0.2) is 17.8 Å². The van der Waals surface area contributed by atoms with Crippen molar-refractivity contribution in [2.45, 2.75) is 19.0 Å². The second-order valence-corrected chi connectivity index (χ2v) is 4.06. The molecule has 1 rings (SSSR count). The number of nitrogens with zero attached hydrogens (tertiary/aromatic N) is 1. The molecule has 0 bridgehead atoms. The van der Waals surface area contributed by atoms with Crippen molar-refractivity contribution in [2.75, 3.05) is 6.66 Å². The molecule has 0 aliphatic heterocycles. The van der Waals surface area contributed by atoms with Crippen molar-refractivity contribution < 1.29 is 13.2 Å². The minimum absolute atomic E-state index is 0.0829. The van der Waals surface area contributed by atoms with Crippen molar-refractivity contribution in [3.05, 3.63) is 24.0 Å². The molecule has 0 saturated heterocycles. The number of halogens is 3. The monoisotopic (exact) mass is 221 g/mol. The molecule has 2 unspecified atom stereocenters. The average Bonchev–Trinajstić information content (AvgIpc) is 2.15. The zero-order valence-electron chi connectivity index (χ0n) is 7.89. The van der Waals surface area contributed by atoms with Gasteiger partial charge in [-0.05, 0) is 25.0 Å². The lowest BCUT2D eigenvalue weighted by Gasteiger charge is -2.14. The summed E-state index contributed by atoms with van der Waals surface area (Å²) in [6, 6.07) is 3.15. The van der Waals surface area contributed by atoms with Crippen molar-refractivity contribution in [3.63, 3.8) is 0 Å². The molecular weight excluding hydrogens is 210 g/mol. The van der Waals surface area contributed by atoms with Gasteiger partial charge in [-0.1, -0.05) is 14.6 Å². The predicted octanol–water partition coefficient (Wildman–Crippen LogP) is 2.68. The Balaban J connectivity index is 2.87. The fourth-order valence-electron chi connectivity index (χ4n) is 0.977. The molecule has 0 fully saturated rings. The first-order valence-corrected chi connectivity index (χ1v) is 5.65. The summed E-state index contributed by atoms with van der Waals surface area (Å²) in [6.45, 7) is 3.08. The van der Waals surface area contributed by atoms with E-state index >= 15 is 0 Å². The quantitative estimate of drug-likeness (QED) is 0.699. The Labute approximate surface area is 82.5 Å². The molecule has 0 amide bonds. The molecule has 1 aromatic rings. The van der Waals surface area contributed by atoms with E-state index in [-0.39, 0.29) is 5.69 Å². The summed E-state index contributed by atoms with van der Waals surface area (Å²) in [5, 5.41) is 0.975. The summed E-state index contributed by atoms with van der Waals surface area (Å²) in [5.74, 6) is -1.49. The van der Waals surface area contributed by atoms with Crippen molar-refractivity contribution >= 4 is 13.9 Å². The fraction of sp³-hybridized carbons (Fsp3) is 0.444. The summed E-state index contributed by atoms with van der Waals surface area (Å²) in [4.78, 5) is 3.80. The maximum Gasteiger partial charge on any atom is 0.396 e. The van der Waals surface area contributed by atoms with Crippen LogP contribution in [0.5, 0.6) is 0 Å². The van der Waals surface area contributed by atoms with Crippen LogP contribution in [0, 0.1) is 0 Å². The highest BCUT2D eigenvalue weighted by molar-refractivity contribution is 7.46. The Morgan fingerprint density at radius 3 is 2.36 bits per heavy atom. The Bertz CT molecular complexity index is 294. The van der Waals surface area contributed by atoms with E-state index in [2.05, 4.69) is 4.98 Å². The molecule has 5 heteroatoms. The maximum absolute atomic E-state index is 12.3. The molecule has 0 N–H and O–H groups in total. The van der Waals surface area contributed by atoms with Crippen LogP contribution >= 0.6 is 8.58 Å². The highest BCUT2D eigenvalue weighted by atomic mass is 31.1. The second kappa shape index (κ2) is 4.26. The number of aromatic nitrogens is 1. The van der Waals surface area contributed by atoms with E-state index in [4.69, 9.17) is 0 Å². The van der Waals surface area contributed by atoms with Gasteiger partial charge in [-0.2, -0.15) is 13.2 Å². The summed E-state index contributed by atoms with van der Waals surface area (Å²) < 4.78 is 36.8. The van der Waals surface area contributed by atoms with Crippen LogP contribution in [0.2, 0.25) is 0 Å². The molecule has 0 aliphatic rings. The molecule has 1 nitrogen and oxygen atoms in total. The lowest BCUT2D eigenvalue weighted by Crippen LogP contribution is -2.19. The minimum atomic E-state index is -4.21. The number of pyridine rings is 1. The van der Waals surface area contributed by atoms with Crippen LogP contribution in [0.3, 0.4) is 0 Å². The molecule has 0 aromatic carbocycles. The third-order valence-corrected chi connectivity index (χ3v) is 2.88. The van der Waals surface area contributed by atoms with Crippen LogP contribution < -0.4 is 5.30 Å². The topological polar surface area (TPSA) is 12.9 Å². The first-order chi connectivity index (χ1) is 6.45. The summed E-state index contributed by atoms with van der Waals surface area (Å²) >= 11 is 0. The van der Waals surface area contributed by atoms with E-state index in [1.165, 1.54) is 12.3 Å². The molecule has 0 spiro atoms. The van der Waals surface area contributed by atoms with Gasteiger partial charge < -0.3 is 0 Å². The van der Waals surface area contributed by atoms with E-state index in [1.54, 1.807) is 6.07 Å². The third-order valence-electron chi connectivity index (χ3n) is 2.01. The molecule has 0 saturated carbocycles. The van der Waals surface area contributed by atoms with Crippen LogP contribution in [0.4, 0.5) is 13.2 Å². The van der Waals surface area contributed by atoms with Gasteiger partial charge in [0, 0.05) is 6.20 Å². The molecule has 2 atom stereocenters. The third kappa shape index (κ3) is 2.68. The van der Waals surface area contributed by atoms with Gasteiger partial charge in [0.25, 0.3) is 0 Å². The minimum Gasteiger partial charge on any atom is -0.260 e. The van der Waals surface area contributed by atoms with Gasteiger partial charge in [-0.15, -0.1) is 0 Å². The van der Waals surface area contributed by atoms with Crippen LogP contribution in [0.25, 0.3) is 0 Å². The molecule has 14 heavy (non-hydrogen) atoms. The number of alkyl halides is 3. The van der Waals surface area contributed by atoms with Crippen molar-refractivity contribution in [1.82, 2.24) is 4.98 Å². The van der Waals surface area contributed by atoms with Crippen molar-refractivity contribution in [1.29, 1.82) is 0 Å². The number of hydrogen-bond donors (Lipinski definition) is 0. The average molecular weight is 221 g/mol. The summed E-state index contributed by atoms with van der Waals surface area (Å²) in [5.41, 5.74) is 0.0829. The zero-order valence-corrected chi connectivity index (χ0v) is 8.89. The van der Waals surface area contributed by atoms with Gasteiger partial charge in [0.2, 0.25) is 0 Å². The van der Waals surface area contributed by atoms with Gasteiger partial charge in [0.1, 0.15) is 0 Å². The van der Waals surface area contributed by atoms with Crippen molar-refractivity contribution in [3.8, 4) is 0 Å². The van der Waals surface area contributed by atoms with Crippen LogP contribution in [0.1, 0.15) is 18.5 Å². The van der Waals surface area contributed by atoms with E-state index < -0.39 is 12.1 Å². The van der Waals surface area contributed by atoms with Gasteiger partial charge in [-0.3, -0.25) is 4.98 Å². The molecular formula is C9H11F3NP. The van der Waals surface area contributed by atoms with E-state index in [9.17, 15) is 13.2 Å². The van der Waals surface area contributed by atoms with Gasteiger partial charge in [-0.25, -0.2) is 0 Å².